The maximum absolute atomic E-state index is 10.0. The molecular weight excluding hydrogens is 240 g/mol. The lowest BCUT2D eigenvalue weighted by Crippen LogP contribution is -2.50. The molecule has 1 saturated heterocycles. The number of ether oxygens (including phenoxy) is 1. The highest BCUT2D eigenvalue weighted by Crippen LogP contribution is 2.31. The first-order valence-corrected chi connectivity index (χ1v) is 7.64. The van der Waals surface area contributed by atoms with E-state index >= 15 is 0 Å². The molecule has 4 nitrogen and oxygen atoms in total. The maximum atomic E-state index is 10.0. The van der Waals surface area contributed by atoms with Crippen molar-refractivity contribution in [3.8, 4) is 0 Å². The molecule has 0 saturated carbocycles. The summed E-state index contributed by atoms with van der Waals surface area (Å²) >= 11 is 0. The van der Waals surface area contributed by atoms with E-state index in [0.717, 1.165) is 58.8 Å². The second-order valence-corrected chi connectivity index (χ2v) is 6.51. The summed E-state index contributed by atoms with van der Waals surface area (Å²) in [6.45, 7) is 14.7. The van der Waals surface area contributed by atoms with Crippen molar-refractivity contribution < 1.29 is 9.84 Å². The van der Waals surface area contributed by atoms with Crippen molar-refractivity contribution in [2.75, 3.05) is 45.9 Å². The molecule has 1 heterocycles. The molecule has 1 aliphatic heterocycles. The lowest BCUT2D eigenvalue weighted by atomic mass is 9.79. The largest absolute Gasteiger partial charge is 0.389 e. The average molecular weight is 272 g/mol. The maximum Gasteiger partial charge on any atom is 0.0718 e. The van der Waals surface area contributed by atoms with E-state index in [-0.39, 0.29) is 0 Å². The predicted molar refractivity (Wildman–Crippen MR) is 79.4 cm³/mol. The van der Waals surface area contributed by atoms with Crippen molar-refractivity contribution >= 4 is 0 Å². The van der Waals surface area contributed by atoms with Crippen LogP contribution in [-0.4, -0.2) is 61.5 Å². The van der Waals surface area contributed by atoms with Crippen LogP contribution in [0.5, 0.6) is 0 Å². The summed E-state index contributed by atoms with van der Waals surface area (Å²) in [6, 6.07) is 0. The first-order valence-electron chi connectivity index (χ1n) is 7.64. The highest BCUT2D eigenvalue weighted by molar-refractivity contribution is 4.88. The van der Waals surface area contributed by atoms with Crippen LogP contribution in [0.1, 0.15) is 40.5 Å². The molecule has 1 aliphatic rings. The molecule has 0 bridgehead atoms. The van der Waals surface area contributed by atoms with Gasteiger partial charge in [-0.15, -0.1) is 0 Å². The Kier molecular flexibility index (Phi) is 6.74. The number of rotatable bonds is 8. The number of aliphatic hydroxyl groups is 1. The van der Waals surface area contributed by atoms with Gasteiger partial charge in [-0.3, -0.25) is 0 Å². The van der Waals surface area contributed by atoms with E-state index in [0.29, 0.717) is 5.41 Å². The molecule has 0 spiro atoms. The van der Waals surface area contributed by atoms with E-state index in [2.05, 4.69) is 24.1 Å². The topological polar surface area (TPSA) is 44.7 Å². The second kappa shape index (κ2) is 7.58. The number of hydrogen-bond donors (Lipinski definition) is 2. The molecule has 4 heteroatoms. The van der Waals surface area contributed by atoms with E-state index in [1.165, 1.54) is 0 Å². The first kappa shape index (κ1) is 16.9. The fourth-order valence-electron chi connectivity index (χ4n) is 2.89. The Morgan fingerprint density at radius 3 is 2.37 bits per heavy atom. The van der Waals surface area contributed by atoms with Gasteiger partial charge in [0.2, 0.25) is 0 Å². The normalized spacial score (nSPS) is 19.9. The van der Waals surface area contributed by atoms with Crippen LogP contribution in [0.15, 0.2) is 0 Å². The highest BCUT2D eigenvalue weighted by Gasteiger charge is 2.34. The molecule has 0 radical (unpaired) electrons. The lowest BCUT2D eigenvalue weighted by molar-refractivity contribution is -0.0224. The number of hydrogen-bond acceptors (Lipinski definition) is 4. The Bertz CT molecular complexity index is 245. The van der Waals surface area contributed by atoms with Crippen molar-refractivity contribution in [1.29, 1.82) is 0 Å². The van der Waals surface area contributed by atoms with Gasteiger partial charge in [0.05, 0.1) is 5.60 Å². The molecule has 2 N–H and O–H groups in total. The van der Waals surface area contributed by atoms with Gasteiger partial charge < -0.3 is 20.1 Å². The summed E-state index contributed by atoms with van der Waals surface area (Å²) in [6.07, 6.45) is 2.23. The summed E-state index contributed by atoms with van der Waals surface area (Å²) in [4.78, 5) is 2.38. The Morgan fingerprint density at radius 1 is 1.26 bits per heavy atom. The summed E-state index contributed by atoms with van der Waals surface area (Å²) in [5, 5.41) is 13.5. The van der Waals surface area contributed by atoms with Crippen LogP contribution in [0, 0.1) is 5.41 Å². The fourth-order valence-corrected chi connectivity index (χ4v) is 2.89. The van der Waals surface area contributed by atoms with Crippen LogP contribution in [0.2, 0.25) is 0 Å². The Hall–Kier alpha value is -0.160. The van der Waals surface area contributed by atoms with Gasteiger partial charge >= 0.3 is 0 Å². The number of likely N-dealkylation sites (N-methyl/N-ethyl adjacent to an activating group) is 1. The van der Waals surface area contributed by atoms with Gasteiger partial charge in [0, 0.05) is 32.8 Å². The van der Waals surface area contributed by atoms with Gasteiger partial charge in [0.15, 0.2) is 0 Å². The molecule has 19 heavy (non-hydrogen) atoms. The Morgan fingerprint density at radius 2 is 1.89 bits per heavy atom. The summed E-state index contributed by atoms with van der Waals surface area (Å²) in [7, 11) is 0. The van der Waals surface area contributed by atoms with Crippen LogP contribution < -0.4 is 5.32 Å². The third-order valence-electron chi connectivity index (χ3n) is 3.92. The molecule has 0 aromatic heterocycles. The minimum Gasteiger partial charge on any atom is -0.389 e. The van der Waals surface area contributed by atoms with E-state index in [1.807, 2.05) is 13.8 Å². The number of nitrogens with zero attached hydrogens (tertiary/aromatic N) is 1. The average Bonchev–Trinajstić information content (AvgIpc) is 2.35. The predicted octanol–water partition coefficient (Wildman–Crippen LogP) is 1.49. The molecule has 1 fully saturated rings. The molecule has 0 aromatic carbocycles. The minimum absolute atomic E-state index is 0.301. The minimum atomic E-state index is -0.624. The van der Waals surface area contributed by atoms with E-state index in [9.17, 15) is 5.11 Å². The summed E-state index contributed by atoms with van der Waals surface area (Å²) in [5.74, 6) is 0. The van der Waals surface area contributed by atoms with Crippen LogP contribution in [0.4, 0.5) is 0 Å². The van der Waals surface area contributed by atoms with E-state index in [1.54, 1.807) is 0 Å². The first-order chi connectivity index (χ1) is 8.91. The van der Waals surface area contributed by atoms with Crippen molar-refractivity contribution in [1.82, 2.24) is 10.2 Å². The van der Waals surface area contributed by atoms with Crippen LogP contribution >= 0.6 is 0 Å². The summed E-state index contributed by atoms with van der Waals surface area (Å²) < 4.78 is 5.53. The van der Waals surface area contributed by atoms with Gasteiger partial charge in [-0.1, -0.05) is 13.8 Å². The third-order valence-corrected chi connectivity index (χ3v) is 3.92. The fraction of sp³-hybridized carbons (Fsp3) is 1.00. The highest BCUT2D eigenvalue weighted by atomic mass is 16.5. The zero-order valence-electron chi connectivity index (χ0n) is 13.2. The quantitative estimate of drug-likeness (QED) is 0.702. The van der Waals surface area contributed by atoms with Gasteiger partial charge in [-0.2, -0.15) is 0 Å². The van der Waals surface area contributed by atoms with Crippen LogP contribution in [0.3, 0.4) is 0 Å². The van der Waals surface area contributed by atoms with Gasteiger partial charge in [-0.05, 0) is 45.2 Å². The van der Waals surface area contributed by atoms with Gasteiger partial charge in [-0.25, -0.2) is 0 Å². The Balaban J connectivity index is 2.63. The molecule has 0 aromatic rings. The second-order valence-electron chi connectivity index (χ2n) is 6.51. The molecule has 0 atom stereocenters. The molecule has 0 unspecified atom stereocenters. The molecule has 0 aliphatic carbocycles. The van der Waals surface area contributed by atoms with Gasteiger partial charge in [0.1, 0.15) is 0 Å². The van der Waals surface area contributed by atoms with Crippen molar-refractivity contribution in [2.24, 2.45) is 5.41 Å². The third kappa shape index (κ3) is 6.21. The van der Waals surface area contributed by atoms with Crippen LogP contribution in [0.25, 0.3) is 0 Å². The number of nitrogens with one attached hydrogen (secondary N) is 1. The van der Waals surface area contributed by atoms with E-state index in [4.69, 9.17) is 4.74 Å². The smallest absolute Gasteiger partial charge is 0.0718 e. The van der Waals surface area contributed by atoms with Crippen LogP contribution in [-0.2, 0) is 4.74 Å². The van der Waals surface area contributed by atoms with Crippen molar-refractivity contribution in [2.45, 2.75) is 46.1 Å². The molecular formula is C15H32N2O2. The Labute approximate surface area is 118 Å². The van der Waals surface area contributed by atoms with Crippen molar-refractivity contribution in [3.05, 3.63) is 0 Å². The molecule has 0 amide bonds. The van der Waals surface area contributed by atoms with E-state index < -0.39 is 5.60 Å². The molecule has 1 rings (SSSR count). The van der Waals surface area contributed by atoms with Crippen molar-refractivity contribution in [3.63, 3.8) is 0 Å². The SMILES string of the molecule is CCNCC1(CN(CC)CC(C)(C)O)CCOCC1. The standard InChI is InChI=1S/C15H32N2O2/c1-5-16-11-15(7-9-19-10-8-15)13-17(6-2)12-14(3,4)18/h16,18H,5-13H2,1-4H3. The monoisotopic (exact) mass is 272 g/mol. The summed E-state index contributed by atoms with van der Waals surface area (Å²) in [5.41, 5.74) is -0.323. The lowest BCUT2D eigenvalue weighted by Gasteiger charge is -2.42. The van der Waals surface area contributed by atoms with Gasteiger partial charge in [0.25, 0.3) is 0 Å². The zero-order valence-corrected chi connectivity index (χ0v) is 13.2. The molecule has 114 valence electrons. The zero-order chi connectivity index (χ0) is 14.4.